The van der Waals surface area contributed by atoms with Gasteiger partial charge in [0.1, 0.15) is 0 Å². The molecule has 0 aromatic rings. The molecule has 4 rings (SSSR count). The highest BCUT2D eigenvalue weighted by atomic mass is 15.3. The average Bonchev–Trinajstić information content (AvgIpc) is 2.84. The van der Waals surface area contributed by atoms with Gasteiger partial charge in [-0.3, -0.25) is 14.8 Å². The number of guanidine groups is 1. The van der Waals surface area contributed by atoms with Gasteiger partial charge in [0, 0.05) is 37.8 Å². The second-order valence-electron chi connectivity index (χ2n) is 10.8. The van der Waals surface area contributed by atoms with Gasteiger partial charge in [0.05, 0.1) is 0 Å². The third-order valence-electron chi connectivity index (χ3n) is 8.64. The summed E-state index contributed by atoms with van der Waals surface area (Å²) in [6.07, 6.45) is 16.4. The van der Waals surface area contributed by atoms with E-state index in [-0.39, 0.29) is 0 Å². The quantitative estimate of drug-likeness (QED) is 0.517. The Balaban J connectivity index is 1.32. The summed E-state index contributed by atoms with van der Waals surface area (Å²) in [4.78, 5) is 12.7. The van der Waals surface area contributed by atoms with Crippen molar-refractivity contribution in [3.8, 4) is 0 Å². The van der Waals surface area contributed by atoms with Crippen molar-refractivity contribution in [3.05, 3.63) is 0 Å². The summed E-state index contributed by atoms with van der Waals surface area (Å²) in [7, 11) is 4.22. The Bertz CT molecular complexity index is 558. The fourth-order valence-electron chi connectivity index (χ4n) is 6.55. The van der Waals surface area contributed by atoms with Gasteiger partial charge in [-0.1, -0.05) is 25.7 Å². The molecule has 3 aliphatic heterocycles. The van der Waals surface area contributed by atoms with Crippen molar-refractivity contribution in [3.63, 3.8) is 0 Å². The van der Waals surface area contributed by atoms with Crippen molar-refractivity contribution in [2.75, 3.05) is 59.9 Å². The third kappa shape index (κ3) is 6.14. The zero-order valence-electron chi connectivity index (χ0n) is 20.4. The molecule has 1 unspecified atom stereocenters. The maximum absolute atomic E-state index is 4.64. The molecule has 4 aliphatic rings. The molecular weight excluding hydrogens is 384 g/mol. The molecule has 6 heteroatoms. The zero-order chi connectivity index (χ0) is 21.5. The number of nitrogens with zero attached hydrogens (tertiary/aromatic N) is 4. The van der Waals surface area contributed by atoms with E-state index in [1.165, 1.54) is 116 Å². The van der Waals surface area contributed by atoms with Gasteiger partial charge in [-0.05, 0) is 91.1 Å². The molecule has 3 saturated heterocycles. The van der Waals surface area contributed by atoms with Crippen molar-refractivity contribution in [2.24, 2.45) is 4.99 Å². The van der Waals surface area contributed by atoms with Crippen LogP contribution < -0.4 is 10.6 Å². The SMILES string of the molecule is CN=C(NCC1(N2CCCCC2)CCN(C)CC1)NC1CCCN(C2CCCCC2)C1. The van der Waals surface area contributed by atoms with Gasteiger partial charge in [0.15, 0.2) is 5.96 Å². The third-order valence-corrected chi connectivity index (χ3v) is 8.64. The number of aliphatic imine (C=N–C) groups is 1. The topological polar surface area (TPSA) is 46.1 Å². The molecule has 0 bridgehead atoms. The van der Waals surface area contributed by atoms with Crippen LogP contribution in [0.15, 0.2) is 4.99 Å². The predicted molar refractivity (Wildman–Crippen MR) is 131 cm³/mol. The van der Waals surface area contributed by atoms with Crippen LogP contribution in [-0.2, 0) is 0 Å². The van der Waals surface area contributed by atoms with Crippen LogP contribution in [0.2, 0.25) is 0 Å². The number of hydrogen-bond donors (Lipinski definition) is 2. The van der Waals surface area contributed by atoms with Crippen molar-refractivity contribution in [1.82, 2.24) is 25.3 Å². The number of piperidine rings is 3. The molecule has 1 atom stereocenters. The molecule has 178 valence electrons. The van der Waals surface area contributed by atoms with Gasteiger partial charge >= 0.3 is 0 Å². The largest absolute Gasteiger partial charge is 0.355 e. The smallest absolute Gasteiger partial charge is 0.191 e. The van der Waals surface area contributed by atoms with Crippen LogP contribution in [0.3, 0.4) is 0 Å². The van der Waals surface area contributed by atoms with Gasteiger partial charge in [-0.15, -0.1) is 0 Å². The van der Waals surface area contributed by atoms with E-state index in [0.29, 0.717) is 11.6 Å². The summed E-state index contributed by atoms with van der Waals surface area (Å²) in [6.45, 7) is 8.48. The fraction of sp³-hybridized carbons (Fsp3) is 0.960. The first kappa shape index (κ1) is 23.3. The molecular formula is C25H48N6. The predicted octanol–water partition coefficient (Wildman–Crippen LogP) is 2.90. The molecule has 0 aromatic heterocycles. The Morgan fingerprint density at radius 3 is 2.29 bits per heavy atom. The van der Waals surface area contributed by atoms with E-state index in [1.807, 2.05) is 7.05 Å². The van der Waals surface area contributed by atoms with Crippen molar-refractivity contribution in [1.29, 1.82) is 0 Å². The number of nitrogens with one attached hydrogen (secondary N) is 2. The number of likely N-dealkylation sites (tertiary alicyclic amines) is 3. The van der Waals surface area contributed by atoms with Crippen molar-refractivity contribution in [2.45, 2.75) is 94.7 Å². The van der Waals surface area contributed by atoms with Gasteiger partial charge < -0.3 is 15.5 Å². The van der Waals surface area contributed by atoms with Gasteiger partial charge in [-0.2, -0.15) is 0 Å². The highest BCUT2D eigenvalue weighted by molar-refractivity contribution is 5.80. The molecule has 3 heterocycles. The number of rotatable bonds is 5. The highest BCUT2D eigenvalue weighted by Gasteiger charge is 2.39. The molecule has 0 aromatic carbocycles. The van der Waals surface area contributed by atoms with E-state index in [2.05, 4.69) is 37.4 Å². The summed E-state index contributed by atoms with van der Waals surface area (Å²) < 4.78 is 0. The maximum Gasteiger partial charge on any atom is 0.191 e. The fourth-order valence-corrected chi connectivity index (χ4v) is 6.55. The first-order chi connectivity index (χ1) is 15.2. The van der Waals surface area contributed by atoms with Crippen LogP contribution >= 0.6 is 0 Å². The van der Waals surface area contributed by atoms with E-state index >= 15 is 0 Å². The molecule has 6 nitrogen and oxygen atoms in total. The molecule has 2 N–H and O–H groups in total. The Morgan fingerprint density at radius 2 is 1.58 bits per heavy atom. The number of hydrogen-bond acceptors (Lipinski definition) is 4. The van der Waals surface area contributed by atoms with Crippen LogP contribution in [0.25, 0.3) is 0 Å². The normalized spacial score (nSPS) is 30.3. The van der Waals surface area contributed by atoms with Crippen molar-refractivity contribution >= 4 is 5.96 Å². The summed E-state index contributed by atoms with van der Waals surface area (Å²) in [5, 5.41) is 7.61. The van der Waals surface area contributed by atoms with Crippen LogP contribution in [0.1, 0.15) is 77.0 Å². The molecule has 0 amide bonds. The second-order valence-corrected chi connectivity index (χ2v) is 10.8. The molecule has 0 radical (unpaired) electrons. The van der Waals surface area contributed by atoms with Gasteiger partial charge in [0.25, 0.3) is 0 Å². The van der Waals surface area contributed by atoms with Gasteiger partial charge in [0.2, 0.25) is 0 Å². The van der Waals surface area contributed by atoms with Gasteiger partial charge in [-0.25, -0.2) is 0 Å². The van der Waals surface area contributed by atoms with E-state index in [0.717, 1.165) is 18.5 Å². The Kier molecular flexibility index (Phi) is 8.52. The van der Waals surface area contributed by atoms with Crippen molar-refractivity contribution < 1.29 is 0 Å². The highest BCUT2D eigenvalue weighted by Crippen LogP contribution is 2.31. The van der Waals surface area contributed by atoms with E-state index in [1.54, 1.807) is 0 Å². The van der Waals surface area contributed by atoms with E-state index in [9.17, 15) is 0 Å². The van der Waals surface area contributed by atoms with Crippen LogP contribution in [-0.4, -0.2) is 98.2 Å². The van der Waals surface area contributed by atoms with Crippen LogP contribution in [0, 0.1) is 0 Å². The summed E-state index contributed by atoms with van der Waals surface area (Å²) in [6, 6.07) is 1.36. The average molecular weight is 433 g/mol. The first-order valence-corrected chi connectivity index (χ1v) is 13.3. The second kappa shape index (κ2) is 11.3. The minimum atomic E-state index is 0.297. The minimum absolute atomic E-state index is 0.297. The van der Waals surface area contributed by atoms with E-state index in [4.69, 9.17) is 0 Å². The summed E-state index contributed by atoms with van der Waals surface area (Å²) in [5.41, 5.74) is 0.297. The molecule has 1 saturated carbocycles. The minimum Gasteiger partial charge on any atom is -0.355 e. The molecule has 4 fully saturated rings. The summed E-state index contributed by atoms with van der Waals surface area (Å²) >= 11 is 0. The maximum atomic E-state index is 4.64. The Labute approximate surface area is 191 Å². The molecule has 1 aliphatic carbocycles. The zero-order valence-corrected chi connectivity index (χ0v) is 20.4. The lowest BCUT2D eigenvalue weighted by atomic mass is 9.84. The van der Waals surface area contributed by atoms with Crippen LogP contribution in [0.5, 0.6) is 0 Å². The van der Waals surface area contributed by atoms with E-state index < -0.39 is 0 Å². The lowest BCUT2D eigenvalue weighted by molar-refractivity contribution is 0.0172. The Morgan fingerprint density at radius 1 is 0.871 bits per heavy atom. The lowest BCUT2D eigenvalue weighted by Gasteiger charge is -2.50. The monoisotopic (exact) mass is 432 g/mol. The standard InChI is InChI=1S/C25H48N6/c1-26-24(28-22-10-9-15-30(20-22)23-11-5-3-6-12-23)27-21-25(13-18-29(2)19-14-25)31-16-7-4-8-17-31/h22-23H,3-21H2,1-2H3,(H2,26,27,28). The lowest BCUT2D eigenvalue weighted by Crippen LogP contribution is -2.62. The van der Waals surface area contributed by atoms with Crippen LogP contribution in [0.4, 0.5) is 0 Å². The Hall–Kier alpha value is -0.850. The first-order valence-electron chi connectivity index (χ1n) is 13.3. The summed E-state index contributed by atoms with van der Waals surface area (Å²) in [5.74, 6) is 1.02. The molecule has 31 heavy (non-hydrogen) atoms. The molecule has 0 spiro atoms.